The molecule has 0 saturated heterocycles. The number of rotatable bonds is 7. The van der Waals surface area contributed by atoms with Crippen LogP contribution in [0.3, 0.4) is 0 Å². The first-order chi connectivity index (χ1) is 14.5. The summed E-state index contributed by atoms with van der Waals surface area (Å²) in [6.45, 7) is 1.94. The highest BCUT2D eigenvalue weighted by Crippen LogP contribution is 2.18. The molecule has 0 saturated carbocycles. The van der Waals surface area contributed by atoms with E-state index in [1.165, 1.54) is 19.1 Å². The summed E-state index contributed by atoms with van der Waals surface area (Å²) < 4.78 is 10.9. The highest BCUT2D eigenvalue weighted by molar-refractivity contribution is 5.97. The molecule has 1 amide bonds. The molecule has 6 nitrogen and oxygen atoms in total. The van der Waals surface area contributed by atoms with E-state index in [0.717, 1.165) is 5.56 Å². The zero-order chi connectivity index (χ0) is 21.3. The van der Waals surface area contributed by atoms with Gasteiger partial charge in [0.25, 0.3) is 5.91 Å². The first-order valence-electron chi connectivity index (χ1n) is 9.34. The van der Waals surface area contributed by atoms with Crippen LogP contribution in [-0.2, 0) is 16.1 Å². The Morgan fingerprint density at radius 1 is 1.00 bits per heavy atom. The third kappa shape index (κ3) is 5.69. The number of nitrogens with zero attached hydrogens (tertiary/aromatic N) is 1. The van der Waals surface area contributed by atoms with E-state index in [4.69, 9.17) is 14.7 Å². The lowest BCUT2D eigenvalue weighted by atomic mass is 10.1. The van der Waals surface area contributed by atoms with Gasteiger partial charge in [-0.2, -0.15) is 5.26 Å². The van der Waals surface area contributed by atoms with Crippen LogP contribution in [0.4, 0.5) is 5.69 Å². The molecular weight excluding hydrogens is 380 g/mol. The Balaban J connectivity index is 1.52. The fourth-order valence-electron chi connectivity index (χ4n) is 2.62. The molecule has 0 bridgehead atoms. The molecule has 0 fully saturated rings. The lowest BCUT2D eigenvalue weighted by molar-refractivity contribution is -0.123. The predicted molar refractivity (Wildman–Crippen MR) is 112 cm³/mol. The van der Waals surface area contributed by atoms with E-state index < -0.39 is 18.0 Å². The van der Waals surface area contributed by atoms with Gasteiger partial charge in [-0.05, 0) is 55.0 Å². The van der Waals surface area contributed by atoms with Gasteiger partial charge in [0.2, 0.25) is 0 Å². The van der Waals surface area contributed by atoms with Crippen molar-refractivity contribution >= 4 is 17.6 Å². The minimum absolute atomic E-state index is 0.216. The van der Waals surface area contributed by atoms with E-state index in [2.05, 4.69) is 5.32 Å². The predicted octanol–water partition coefficient (Wildman–Crippen LogP) is 4.32. The number of hydrogen-bond donors (Lipinski definition) is 1. The molecular formula is C24H20N2O4. The quantitative estimate of drug-likeness (QED) is 0.597. The zero-order valence-electron chi connectivity index (χ0n) is 16.4. The van der Waals surface area contributed by atoms with Gasteiger partial charge in [-0.25, -0.2) is 4.79 Å². The Morgan fingerprint density at radius 2 is 1.73 bits per heavy atom. The first kappa shape index (κ1) is 20.6. The number of carbonyl (C=O) groups is 2. The summed E-state index contributed by atoms with van der Waals surface area (Å²) >= 11 is 0. The van der Waals surface area contributed by atoms with Crippen LogP contribution in [0.15, 0.2) is 78.9 Å². The van der Waals surface area contributed by atoms with Crippen molar-refractivity contribution in [3.05, 3.63) is 95.6 Å². The second kappa shape index (κ2) is 9.89. The smallest absolute Gasteiger partial charge is 0.338 e. The number of ether oxygens (including phenoxy) is 2. The van der Waals surface area contributed by atoms with E-state index in [-0.39, 0.29) is 5.56 Å². The van der Waals surface area contributed by atoms with Crippen LogP contribution in [0.25, 0.3) is 0 Å². The summed E-state index contributed by atoms with van der Waals surface area (Å²) in [4.78, 5) is 24.5. The molecule has 3 aromatic rings. The summed E-state index contributed by atoms with van der Waals surface area (Å²) in [7, 11) is 0. The van der Waals surface area contributed by atoms with Gasteiger partial charge in [-0.15, -0.1) is 0 Å². The van der Waals surface area contributed by atoms with Gasteiger partial charge in [0.15, 0.2) is 6.10 Å². The molecule has 0 unspecified atom stereocenters. The monoisotopic (exact) mass is 400 g/mol. The molecule has 0 aliphatic rings. The van der Waals surface area contributed by atoms with E-state index in [1.54, 1.807) is 36.4 Å². The third-order valence-electron chi connectivity index (χ3n) is 4.25. The summed E-state index contributed by atoms with van der Waals surface area (Å²) in [6, 6.07) is 24.8. The van der Waals surface area contributed by atoms with Gasteiger partial charge < -0.3 is 14.8 Å². The maximum absolute atomic E-state index is 12.3. The van der Waals surface area contributed by atoms with Gasteiger partial charge in [0, 0.05) is 5.69 Å². The number of benzene rings is 3. The molecule has 0 spiro atoms. The normalized spacial score (nSPS) is 11.1. The number of esters is 1. The maximum atomic E-state index is 12.3. The van der Waals surface area contributed by atoms with Gasteiger partial charge in [-0.3, -0.25) is 4.79 Å². The Bertz CT molecular complexity index is 1060. The standard InChI is InChI=1S/C24H20N2O4/c1-17(30-24(28)20-9-5-8-19(14-20)15-25)23(27)26-21-10-12-22(13-11-21)29-16-18-6-3-2-4-7-18/h2-14,17H,16H2,1H3,(H,26,27)/t17-/m1/s1. The largest absolute Gasteiger partial charge is 0.489 e. The van der Waals surface area contributed by atoms with E-state index in [1.807, 2.05) is 36.4 Å². The van der Waals surface area contributed by atoms with Gasteiger partial charge in [0.1, 0.15) is 12.4 Å². The first-order valence-corrected chi connectivity index (χ1v) is 9.34. The van der Waals surface area contributed by atoms with Crippen molar-refractivity contribution in [2.24, 2.45) is 0 Å². The summed E-state index contributed by atoms with van der Waals surface area (Å²) in [5.74, 6) is -0.453. The van der Waals surface area contributed by atoms with Crippen molar-refractivity contribution in [2.45, 2.75) is 19.6 Å². The molecule has 0 aliphatic carbocycles. The molecule has 30 heavy (non-hydrogen) atoms. The van der Waals surface area contributed by atoms with E-state index in [9.17, 15) is 9.59 Å². The summed E-state index contributed by atoms with van der Waals surface area (Å²) in [5.41, 5.74) is 2.18. The Labute approximate surface area is 174 Å². The molecule has 1 atom stereocenters. The molecule has 3 rings (SSSR count). The number of nitriles is 1. The van der Waals surface area contributed by atoms with E-state index >= 15 is 0 Å². The van der Waals surface area contributed by atoms with Crippen molar-refractivity contribution in [1.82, 2.24) is 0 Å². The van der Waals surface area contributed by atoms with Gasteiger partial charge >= 0.3 is 5.97 Å². The molecule has 0 aliphatic heterocycles. The average Bonchev–Trinajstić information content (AvgIpc) is 2.79. The van der Waals surface area contributed by atoms with Crippen LogP contribution < -0.4 is 10.1 Å². The van der Waals surface area contributed by atoms with Crippen LogP contribution in [0, 0.1) is 11.3 Å². The molecule has 0 heterocycles. The molecule has 0 aromatic heterocycles. The molecule has 6 heteroatoms. The fourth-order valence-corrected chi connectivity index (χ4v) is 2.62. The average molecular weight is 400 g/mol. The van der Waals surface area contributed by atoms with Crippen molar-refractivity contribution in [2.75, 3.05) is 5.32 Å². The van der Waals surface area contributed by atoms with Crippen molar-refractivity contribution in [1.29, 1.82) is 5.26 Å². The van der Waals surface area contributed by atoms with E-state index in [0.29, 0.717) is 23.6 Å². The van der Waals surface area contributed by atoms with Crippen LogP contribution in [-0.4, -0.2) is 18.0 Å². The Morgan fingerprint density at radius 3 is 2.43 bits per heavy atom. The second-order valence-corrected chi connectivity index (χ2v) is 6.53. The van der Waals surface area contributed by atoms with Crippen molar-refractivity contribution < 1.29 is 19.1 Å². The summed E-state index contributed by atoms with van der Waals surface area (Å²) in [6.07, 6.45) is -1.00. The summed E-state index contributed by atoms with van der Waals surface area (Å²) in [5, 5.41) is 11.6. The van der Waals surface area contributed by atoms with Crippen LogP contribution >= 0.6 is 0 Å². The number of nitrogens with one attached hydrogen (secondary N) is 1. The zero-order valence-corrected chi connectivity index (χ0v) is 16.4. The van der Waals surface area contributed by atoms with Crippen molar-refractivity contribution in [3.63, 3.8) is 0 Å². The van der Waals surface area contributed by atoms with Gasteiger partial charge in [0.05, 0.1) is 17.2 Å². The number of carbonyl (C=O) groups excluding carboxylic acids is 2. The SMILES string of the molecule is C[C@@H](OC(=O)c1cccc(C#N)c1)C(=O)Nc1ccc(OCc2ccccc2)cc1. The number of amides is 1. The minimum atomic E-state index is -1.00. The van der Waals surface area contributed by atoms with Crippen LogP contribution in [0.1, 0.15) is 28.4 Å². The maximum Gasteiger partial charge on any atom is 0.338 e. The lowest BCUT2D eigenvalue weighted by Gasteiger charge is -2.14. The molecule has 150 valence electrons. The number of hydrogen-bond acceptors (Lipinski definition) is 5. The minimum Gasteiger partial charge on any atom is -0.489 e. The highest BCUT2D eigenvalue weighted by atomic mass is 16.5. The molecule has 3 aromatic carbocycles. The Kier molecular flexibility index (Phi) is 6.80. The fraction of sp³-hybridized carbons (Fsp3) is 0.125. The van der Waals surface area contributed by atoms with Crippen LogP contribution in [0.5, 0.6) is 5.75 Å². The second-order valence-electron chi connectivity index (χ2n) is 6.53. The Hall–Kier alpha value is -4.11. The van der Waals surface area contributed by atoms with Gasteiger partial charge in [-0.1, -0.05) is 36.4 Å². The topological polar surface area (TPSA) is 88.4 Å². The molecule has 1 N–H and O–H groups in total. The van der Waals surface area contributed by atoms with Crippen LogP contribution in [0.2, 0.25) is 0 Å². The highest BCUT2D eigenvalue weighted by Gasteiger charge is 2.19. The lowest BCUT2D eigenvalue weighted by Crippen LogP contribution is -2.30. The third-order valence-corrected chi connectivity index (χ3v) is 4.25. The molecule has 0 radical (unpaired) electrons. The number of anilines is 1. The van der Waals surface area contributed by atoms with Crippen molar-refractivity contribution in [3.8, 4) is 11.8 Å².